The summed E-state index contributed by atoms with van der Waals surface area (Å²) in [5, 5.41) is 5.40. The van der Waals surface area contributed by atoms with Crippen LogP contribution in [0.15, 0.2) is 49.1 Å². The molecule has 0 saturated carbocycles. The third kappa shape index (κ3) is 4.35. The molecule has 6 nitrogen and oxygen atoms in total. The van der Waals surface area contributed by atoms with Crippen molar-refractivity contribution in [1.82, 2.24) is 25.2 Å². The first-order valence-electron chi connectivity index (χ1n) is 11.4. The number of benzene rings is 1. The Morgan fingerprint density at radius 3 is 2.66 bits per heavy atom. The Kier molecular flexibility index (Phi) is 5.83. The first-order valence-corrected chi connectivity index (χ1v) is 11.4. The van der Waals surface area contributed by atoms with Crippen LogP contribution >= 0.6 is 0 Å². The lowest BCUT2D eigenvalue weighted by Gasteiger charge is -2.39. The van der Waals surface area contributed by atoms with Crippen LogP contribution in [0.4, 0.5) is 4.39 Å². The van der Waals surface area contributed by atoms with Crippen LogP contribution in [-0.2, 0) is 11.2 Å². The van der Waals surface area contributed by atoms with Gasteiger partial charge in [0.1, 0.15) is 6.17 Å². The average Bonchev–Trinajstić information content (AvgIpc) is 3.08. The van der Waals surface area contributed by atoms with Gasteiger partial charge >= 0.3 is 0 Å². The molecule has 2 aliphatic heterocycles. The highest BCUT2D eigenvalue weighted by Gasteiger charge is 2.42. The average molecular weight is 434 g/mol. The van der Waals surface area contributed by atoms with Crippen molar-refractivity contribution in [3.8, 4) is 11.3 Å². The molecule has 32 heavy (non-hydrogen) atoms. The molecule has 1 amide bonds. The quantitative estimate of drug-likeness (QED) is 0.642. The van der Waals surface area contributed by atoms with Gasteiger partial charge in [0.15, 0.2) is 0 Å². The lowest BCUT2D eigenvalue weighted by Crippen LogP contribution is -2.52. The van der Waals surface area contributed by atoms with Gasteiger partial charge in [0, 0.05) is 54.2 Å². The Morgan fingerprint density at radius 1 is 1.12 bits per heavy atom. The first kappa shape index (κ1) is 20.9. The summed E-state index contributed by atoms with van der Waals surface area (Å²) in [5.41, 5.74) is 2.59. The van der Waals surface area contributed by atoms with Crippen LogP contribution in [0.5, 0.6) is 0 Å². The molecule has 1 aromatic carbocycles. The van der Waals surface area contributed by atoms with Gasteiger partial charge in [-0.15, -0.1) is 0 Å². The minimum absolute atomic E-state index is 0.145. The van der Waals surface area contributed by atoms with Crippen LogP contribution in [0.25, 0.3) is 22.0 Å². The number of piperidine rings is 1. The highest BCUT2D eigenvalue weighted by atomic mass is 19.1. The molecule has 166 valence electrons. The van der Waals surface area contributed by atoms with Crippen molar-refractivity contribution < 1.29 is 9.18 Å². The number of nitrogens with one attached hydrogen (secondary N) is 1. The Bertz CT molecular complexity index is 1090. The number of fused-ring (bicyclic) bond motifs is 3. The molecule has 2 saturated heterocycles. The molecule has 2 aromatic heterocycles. The van der Waals surface area contributed by atoms with Crippen molar-refractivity contribution in [1.29, 1.82) is 0 Å². The topological polar surface area (TPSA) is 71.0 Å². The molecule has 2 bridgehead atoms. The van der Waals surface area contributed by atoms with Gasteiger partial charge in [-0.05, 0) is 50.1 Å². The number of carbonyl (C=O) groups is 1. The maximum atomic E-state index is 13.2. The molecule has 7 heteroatoms. The van der Waals surface area contributed by atoms with E-state index in [1.807, 2.05) is 24.4 Å². The summed E-state index contributed by atoms with van der Waals surface area (Å²) < 4.78 is 13.2. The Labute approximate surface area is 187 Å². The van der Waals surface area contributed by atoms with E-state index >= 15 is 0 Å². The van der Waals surface area contributed by atoms with Gasteiger partial charge in [0.05, 0.1) is 24.0 Å². The van der Waals surface area contributed by atoms with E-state index in [4.69, 9.17) is 0 Å². The number of hydrogen-bond acceptors (Lipinski definition) is 5. The zero-order valence-electron chi connectivity index (χ0n) is 18.2. The highest BCUT2D eigenvalue weighted by Crippen LogP contribution is 2.36. The van der Waals surface area contributed by atoms with E-state index in [-0.39, 0.29) is 18.0 Å². The molecule has 0 spiro atoms. The minimum Gasteiger partial charge on any atom is -0.336 e. The predicted octanol–water partition coefficient (Wildman–Crippen LogP) is 3.70. The van der Waals surface area contributed by atoms with E-state index in [0.29, 0.717) is 19.0 Å². The standard InChI is InChI=1S/C25H28FN5O/c1-16(26)13-29-21-10-22-4-5-23(11-21)31(22)25(32)12-20-9-19-8-17(2-3-18(19)14-30-20)24-15-27-6-7-28-24/h2-3,6-9,14-16,21-23,29H,4-5,10-13H2,1H3/t16?,21?,22-,23+. The van der Waals surface area contributed by atoms with Crippen molar-refractivity contribution in [2.45, 2.75) is 63.3 Å². The van der Waals surface area contributed by atoms with Crippen molar-refractivity contribution >= 4 is 16.7 Å². The largest absolute Gasteiger partial charge is 0.336 e. The molecule has 0 radical (unpaired) electrons. The van der Waals surface area contributed by atoms with E-state index in [1.54, 1.807) is 25.5 Å². The molecule has 2 fully saturated rings. The van der Waals surface area contributed by atoms with Crippen LogP contribution in [0.2, 0.25) is 0 Å². The van der Waals surface area contributed by atoms with E-state index < -0.39 is 6.17 Å². The monoisotopic (exact) mass is 433 g/mol. The van der Waals surface area contributed by atoms with Crippen LogP contribution in [0, 0.1) is 0 Å². The maximum absolute atomic E-state index is 13.2. The van der Waals surface area contributed by atoms with E-state index in [2.05, 4.69) is 31.2 Å². The number of alkyl halides is 1. The first-order chi connectivity index (χ1) is 15.6. The summed E-state index contributed by atoms with van der Waals surface area (Å²) in [4.78, 5) is 28.4. The van der Waals surface area contributed by atoms with Gasteiger partial charge in [-0.25, -0.2) is 4.39 Å². The Balaban J connectivity index is 1.30. The third-order valence-electron chi connectivity index (χ3n) is 6.68. The highest BCUT2D eigenvalue weighted by molar-refractivity contribution is 5.87. The molecular weight excluding hydrogens is 405 g/mol. The fourth-order valence-electron chi connectivity index (χ4n) is 5.22. The summed E-state index contributed by atoms with van der Waals surface area (Å²) in [6.45, 7) is 1.96. The second-order valence-electron chi connectivity index (χ2n) is 9.05. The summed E-state index contributed by atoms with van der Waals surface area (Å²) in [6.07, 6.45) is 10.3. The number of amides is 1. The van der Waals surface area contributed by atoms with Crippen LogP contribution in [-0.4, -0.2) is 56.6 Å². The van der Waals surface area contributed by atoms with Crippen LogP contribution in [0.1, 0.15) is 38.3 Å². The van der Waals surface area contributed by atoms with Crippen molar-refractivity contribution in [2.24, 2.45) is 0 Å². The van der Waals surface area contributed by atoms with Crippen molar-refractivity contribution in [3.63, 3.8) is 0 Å². The minimum atomic E-state index is -0.847. The molecule has 1 N–H and O–H groups in total. The van der Waals surface area contributed by atoms with E-state index in [9.17, 15) is 9.18 Å². The smallest absolute Gasteiger partial charge is 0.229 e. The molecule has 0 aliphatic carbocycles. The van der Waals surface area contributed by atoms with Gasteiger partial charge in [-0.1, -0.05) is 12.1 Å². The number of nitrogens with zero attached hydrogens (tertiary/aromatic N) is 4. The fourth-order valence-corrected chi connectivity index (χ4v) is 5.22. The third-order valence-corrected chi connectivity index (χ3v) is 6.68. The Hall–Kier alpha value is -2.93. The Morgan fingerprint density at radius 2 is 1.94 bits per heavy atom. The molecule has 4 heterocycles. The summed E-state index contributed by atoms with van der Waals surface area (Å²) in [5.74, 6) is 0.145. The number of hydrogen-bond donors (Lipinski definition) is 1. The molecular formula is C25H28FN5O. The number of pyridine rings is 1. The summed E-state index contributed by atoms with van der Waals surface area (Å²) >= 11 is 0. The summed E-state index contributed by atoms with van der Waals surface area (Å²) in [6, 6.07) is 8.91. The zero-order chi connectivity index (χ0) is 22.1. The molecule has 2 aliphatic rings. The molecule has 2 unspecified atom stereocenters. The van der Waals surface area contributed by atoms with Crippen LogP contribution < -0.4 is 5.32 Å². The predicted molar refractivity (Wildman–Crippen MR) is 122 cm³/mol. The van der Waals surface area contributed by atoms with Gasteiger partial charge < -0.3 is 10.2 Å². The van der Waals surface area contributed by atoms with E-state index in [0.717, 1.165) is 53.4 Å². The number of aromatic nitrogens is 3. The molecule has 5 rings (SSSR count). The molecule has 3 aromatic rings. The number of rotatable bonds is 6. The second kappa shape index (κ2) is 8.90. The number of carbonyl (C=O) groups excluding carboxylic acids is 1. The van der Waals surface area contributed by atoms with Crippen LogP contribution in [0.3, 0.4) is 0 Å². The lowest BCUT2D eigenvalue weighted by atomic mass is 9.96. The van der Waals surface area contributed by atoms with Gasteiger partial charge in [-0.3, -0.25) is 19.7 Å². The summed E-state index contributed by atoms with van der Waals surface area (Å²) in [7, 11) is 0. The molecule has 4 atom stereocenters. The SMILES string of the molecule is CC(F)CNC1C[C@H]2CC[C@@H](C1)N2C(=O)Cc1cc2cc(-c3cnccn3)ccc2cn1. The second-order valence-corrected chi connectivity index (χ2v) is 9.05. The van der Waals surface area contributed by atoms with Gasteiger partial charge in [-0.2, -0.15) is 0 Å². The number of halogens is 1. The van der Waals surface area contributed by atoms with Gasteiger partial charge in [0.25, 0.3) is 0 Å². The fraction of sp³-hybridized carbons (Fsp3) is 0.440. The van der Waals surface area contributed by atoms with E-state index in [1.165, 1.54) is 0 Å². The normalized spacial score (nSPS) is 23.4. The maximum Gasteiger partial charge on any atom is 0.229 e. The van der Waals surface area contributed by atoms with Crippen molar-refractivity contribution in [3.05, 3.63) is 54.7 Å². The van der Waals surface area contributed by atoms with Gasteiger partial charge in [0.2, 0.25) is 5.91 Å². The van der Waals surface area contributed by atoms with Crippen molar-refractivity contribution in [2.75, 3.05) is 6.54 Å². The zero-order valence-corrected chi connectivity index (χ0v) is 18.2. The lowest BCUT2D eigenvalue weighted by molar-refractivity contribution is -0.135.